The molecular formula is C24H28N2O6. The summed E-state index contributed by atoms with van der Waals surface area (Å²) in [7, 11) is 4.40. The lowest BCUT2D eigenvalue weighted by molar-refractivity contribution is -0.142. The molecule has 1 atom stereocenters. The number of anilines is 1. The van der Waals surface area contributed by atoms with E-state index in [1.807, 2.05) is 30.3 Å². The van der Waals surface area contributed by atoms with Crippen LogP contribution in [0, 0.1) is 5.92 Å². The molecule has 0 N–H and O–H groups in total. The molecule has 8 heteroatoms. The van der Waals surface area contributed by atoms with Gasteiger partial charge in [-0.25, -0.2) is 0 Å². The number of methoxy groups -OCH3 is 3. The predicted molar refractivity (Wildman–Crippen MR) is 118 cm³/mol. The standard InChI is InChI=1S/C24H28N2O6/c1-30-19-9-10-21(31-2)20(14-19)26-16-18(13-22(26)27)24(29)25(12-11-23(28)32-3)15-17-7-5-4-6-8-17/h4-10,14,18H,11-13,15-16H2,1-3H3. The smallest absolute Gasteiger partial charge is 0.307 e. The summed E-state index contributed by atoms with van der Waals surface area (Å²) in [5.41, 5.74) is 1.51. The Bertz CT molecular complexity index is 962. The van der Waals surface area contributed by atoms with E-state index in [1.54, 1.807) is 35.1 Å². The van der Waals surface area contributed by atoms with Gasteiger partial charge in [-0.1, -0.05) is 30.3 Å². The van der Waals surface area contributed by atoms with E-state index >= 15 is 0 Å². The van der Waals surface area contributed by atoms with Crippen molar-refractivity contribution in [1.82, 2.24) is 4.90 Å². The monoisotopic (exact) mass is 440 g/mol. The van der Waals surface area contributed by atoms with Crippen molar-refractivity contribution in [2.75, 3.05) is 39.3 Å². The van der Waals surface area contributed by atoms with Gasteiger partial charge in [-0.3, -0.25) is 14.4 Å². The lowest BCUT2D eigenvalue weighted by Crippen LogP contribution is -2.38. The molecule has 1 aliphatic heterocycles. The molecule has 0 spiro atoms. The van der Waals surface area contributed by atoms with Crippen LogP contribution in [0.1, 0.15) is 18.4 Å². The van der Waals surface area contributed by atoms with E-state index in [1.165, 1.54) is 14.2 Å². The summed E-state index contributed by atoms with van der Waals surface area (Å²) in [5.74, 6) is -0.134. The summed E-state index contributed by atoms with van der Waals surface area (Å²) < 4.78 is 15.4. The van der Waals surface area contributed by atoms with Crippen LogP contribution in [0.3, 0.4) is 0 Å². The minimum atomic E-state index is -0.528. The zero-order chi connectivity index (χ0) is 23.1. The number of amides is 2. The van der Waals surface area contributed by atoms with E-state index in [9.17, 15) is 14.4 Å². The summed E-state index contributed by atoms with van der Waals surface area (Å²) in [6.07, 6.45) is 0.172. The van der Waals surface area contributed by atoms with Gasteiger partial charge in [0.05, 0.1) is 39.4 Å². The maximum atomic E-state index is 13.4. The maximum Gasteiger partial charge on any atom is 0.307 e. The highest BCUT2D eigenvalue weighted by molar-refractivity contribution is 6.01. The van der Waals surface area contributed by atoms with Gasteiger partial charge in [0.1, 0.15) is 11.5 Å². The zero-order valence-electron chi connectivity index (χ0n) is 18.6. The predicted octanol–water partition coefficient (Wildman–Crippen LogP) is 2.65. The number of carbonyl (C=O) groups is 3. The van der Waals surface area contributed by atoms with Crippen molar-refractivity contribution in [3.05, 3.63) is 54.1 Å². The number of nitrogens with zero attached hydrogens (tertiary/aromatic N) is 2. The molecular weight excluding hydrogens is 412 g/mol. The molecule has 1 heterocycles. The van der Waals surface area contributed by atoms with Crippen LogP contribution in [0.2, 0.25) is 0 Å². The number of esters is 1. The second-order valence-corrected chi connectivity index (χ2v) is 7.51. The highest BCUT2D eigenvalue weighted by atomic mass is 16.5. The van der Waals surface area contributed by atoms with Crippen molar-refractivity contribution >= 4 is 23.5 Å². The second-order valence-electron chi connectivity index (χ2n) is 7.51. The van der Waals surface area contributed by atoms with Crippen LogP contribution in [-0.2, 0) is 25.7 Å². The number of hydrogen-bond acceptors (Lipinski definition) is 6. The normalized spacial score (nSPS) is 15.4. The Labute approximate surface area is 187 Å². The van der Waals surface area contributed by atoms with Gasteiger partial charge in [-0.15, -0.1) is 0 Å². The lowest BCUT2D eigenvalue weighted by atomic mass is 10.1. The van der Waals surface area contributed by atoms with E-state index in [4.69, 9.17) is 14.2 Å². The van der Waals surface area contributed by atoms with Gasteiger partial charge >= 0.3 is 5.97 Å². The zero-order valence-corrected chi connectivity index (χ0v) is 18.6. The van der Waals surface area contributed by atoms with Crippen molar-refractivity contribution in [2.24, 2.45) is 5.92 Å². The van der Waals surface area contributed by atoms with Gasteiger partial charge in [0.25, 0.3) is 0 Å². The molecule has 0 radical (unpaired) electrons. The molecule has 32 heavy (non-hydrogen) atoms. The third-order valence-corrected chi connectivity index (χ3v) is 5.49. The number of ether oxygens (including phenoxy) is 3. The highest BCUT2D eigenvalue weighted by Crippen LogP contribution is 2.36. The van der Waals surface area contributed by atoms with Crippen LogP contribution >= 0.6 is 0 Å². The van der Waals surface area contributed by atoms with Gasteiger partial charge in [0.2, 0.25) is 11.8 Å². The molecule has 0 bridgehead atoms. The fourth-order valence-corrected chi connectivity index (χ4v) is 3.77. The summed E-state index contributed by atoms with van der Waals surface area (Å²) in [4.78, 5) is 41.1. The number of benzene rings is 2. The van der Waals surface area contributed by atoms with Crippen LogP contribution in [0.25, 0.3) is 0 Å². The van der Waals surface area contributed by atoms with Gasteiger partial charge in [-0.05, 0) is 17.7 Å². The van der Waals surface area contributed by atoms with Gasteiger partial charge in [0, 0.05) is 32.1 Å². The summed E-state index contributed by atoms with van der Waals surface area (Å²) in [5, 5.41) is 0. The van der Waals surface area contributed by atoms with Crippen molar-refractivity contribution in [3.8, 4) is 11.5 Å². The summed E-state index contributed by atoms with van der Waals surface area (Å²) >= 11 is 0. The molecule has 1 unspecified atom stereocenters. The van der Waals surface area contributed by atoms with Gasteiger partial charge in [-0.2, -0.15) is 0 Å². The molecule has 1 aliphatic rings. The second kappa shape index (κ2) is 10.7. The first-order chi connectivity index (χ1) is 15.5. The van der Waals surface area contributed by atoms with E-state index in [0.29, 0.717) is 23.7 Å². The van der Waals surface area contributed by atoms with Crippen LogP contribution in [0.5, 0.6) is 11.5 Å². The largest absolute Gasteiger partial charge is 0.497 e. The Balaban J connectivity index is 1.79. The minimum Gasteiger partial charge on any atom is -0.497 e. The van der Waals surface area contributed by atoms with Crippen LogP contribution in [0.4, 0.5) is 5.69 Å². The topological polar surface area (TPSA) is 85.4 Å². The Kier molecular flexibility index (Phi) is 7.70. The number of hydrogen-bond donors (Lipinski definition) is 0. The Morgan fingerprint density at radius 3 is 2.47 bits per heavy atom. The van der Waals surface area contributed by atoms with E-state index in [2.05, 4.69) is 0 Å². The van der Waals surface area contributed by atoms with Crippen molar-refractivity contribution in [1.29, 1.82) is 0 Å². The van der Waals surface area contributed by atoms with E-state index in [-0.39, 0.29) is 43.7 Å². The van der Waals surface area contributed by atoms with Crippen molar-refractivity contribution in [2.45, 2.75) is 19.4 Å². The third kappa shape index (κ3) is 5.38. The van der Waals surface area contributed by atoms with Crippen LogP contribution in [-0.4, -0.2) is 57.1 Å². The molecule has 170 valence electrons. The molecule has 0 saturated carbocycles. The molecule has 0 aliphatic carbocycles. The molecule has 0 aromatic heterocycles. The molecule has 1 saturated heterocycles. The maximum absolute atomic E-state index is 13.4. The first kappa shape index (κ1) is 23.1. The average molecular weight is 440 g/mol. The summed E-state index contributed by atoms with van der Waals surface area (Å²) in [6, 6.07) is 14.7. The molecule has 2 amide bonds. The molecule has 8 nitrogen and oxygen atoms in total. The Morgan fingerprint density at radius 1 is 1.06 bits per heavy atom. The first-order valence-electron chi connectivity index (χ1n) is 10.4. The average Bonchev–Trinajstić information content (AvgIpc) is 3.22. The molecule has 3 rings (SSSR count). The Hall–Kier alpha value is -3.55. The third-order valence-electron chi connectivity index (χ3n) is 5.49. The highest BCUT2D eigenvalue weighted by Gasteiger charge is 2.38. The number of rotatable bonds is 9. The van der Waals surface area contributed by atoms with E-state index in [0.717, 1.165) is 5.56 Å². The van der Waals surface area contributed by atoms with Crippen molar-refractivity contribution in [3.63, 3.8) is 0 Å². The van der Waals surface area contributed by atoms with E-state index < -0.39 is 5.92 Å². The Morgan fingerprint density at radius 2 is 1.81 bits per heavy atom. The fraction of sp³-hybridized carbons (Fsp3) is 0.375. The van der Waals surface area contributed by atoms with Crippen molar-refractivity contribution < 1.29 is 28.6 Å². The fourth-order valence-electron chi connectivity index (χ4n) is 3.77. The lowest BCUT2D eigenvalue weighted by Gasteiger charge is -2.26. The SMILES string of the molecule is COC(=O)CCN(Cc1ccccc1)C(=O)C1CC(=O)N(c2cc(OC)ccc2OC)C1. The van der Waals surface area contributed by atoms with Gasteiger partial charge in [0.15, 0.2) is 0 Å². The molecule has 1 fully saturated rings. The minimum absolute atomic E-state index is 0.0860. The first-order valence-corrected chi connectivity index (χ1v) is 10.4. The van der Waals surface area contributed by atoms with Crippen LogP contribution < -0.4 is 14.4 Å². The molecule has 2 aromatic carbocycles. The summed E-state index contributed by atoms with van der Waals surface area (Å²) in [6.45, 7) is 0.794. The molecule has 2 aromatic rings. The quantitative estimate of drug-likeness (QED) is 0.558. The number of carbonyl (C=O) groups excluding carboxylic acids is 3. The van der Waals surface area contributed by atoms with Crippen LogP contribution in [0.15, 0.2) is 48.5 Å². The van der Waals surface area contributed by atoms with Gasteiger partial charge < -0.3 is 24.0 Å².